The minimum absolute atomic E-state index is 0.166. The van der Waals surface area contributed by atoms with Gasteiger partial charge >= 0.3 is 12.1 Å². The lowest BCUT2D eigenvalue weighted by atomic mass is 10.2. The Morgan fingerprint density at radius 2 is 2.10 bits per heavy atom. The van der Waals surface area contributed by atoms with Crippen LogP contribution >= 0.6 is 11.8 Å². The number of nitrogens with zero attached hydrogens (tertiary/aromatic N) is 1. The van der Waals surface area contributed by atoms with E-state index in [-0.39, 0.29) is 13.2 Å². The van der Waals surface area contributed by atoms with Crippen molar-refractivity contribution in [1.82, 2.24) is 4.90 Å². The lowest BCUT2D eigenvalue weighted by Gasteiger charge is -2.33. The van der Waals surface area contributed by atoms with Gasteiger partial charge in [0.15, 0.2) is 0 Å². The maximum atomic E-state index is 12.4. The Balaban J connectivity index is 2.85. The van der Waals surface area contributed by atoms with E-state index in [4.69, 9.17) is 4.74 Å². The molecule has 0 aromatic heterocycles. The molecule has 114 valence electrons. The van der Waals surface area contributed by atoms with Gasteiger partial charge in [0, 0.05) is 29.7 Å². The highest BCUT2D eigenvalue weighted by atomic mass is 32.2. The van der Waals surface area contributed by atoms with E-state index >= 15 is 0 Å². The lowest BCUT2D eigenvalue weighted by molar-refractivity contribution is -0.152. The standard InChI is InChI=1S/C12H16F3NO3S/c1-3-19-11(18)9-7-20-5-4-16(9)10(17)6-8(2)12(13,14)15/h6,9H,3-5,7H2,1-2H3/b8-6+. The maximum Gasteiger partial charge on any atom is 0.412 e. The third-order valence-corrected chi connectivity index (χ3v) is 3.78. The molecule has 1 aliphatic rings. The summed E-state index contributed by atoms with van der Waals surface area (Å²) in [7, 11) is 0. The summed E-state index contributed by atoms with van der Waals surface area (Å²) in [4.78, 5) is 24.8. The number of ether oxygens (including phenoxy) is 1. The molecule has 8 heteroatoms. The Bertz CT molecular complexity index is 409. The number of esters is 1. The van der Waals surface area contributed by atoms with Gasteiger partial charge in [-0.15, -0.1) is 0 Å². The highest BCUT2D eigenvalue weighted by molar-refractivity contribution is 7.99. The normalized spacial score (nSPS) is 20.8. The largest absolute Gasteiger partial charge is 0.464 e. The number of amides is 1. The van der Waals surface area contributed by atoms with Crippen LogP contribution in [0.25, 0.3) is 0 Å². The van der Waals surface area contributed by atoms with Crippen molar-refractivity contribution in [1.29, 1.82) is 0 Å². The van der Waals surface area contributed by atoms with Crippen LogP contribution in [0.15, 0.2) is 11.6 Å². The van der Waals surface area contributed by atoms with Crippen LogP contribution in [-0.2, 0) is 14.3 Å². The average Bonchev–Trinajstić information content (AvgIpc) is 2.37. The summed E-state index contributed by atoms with van der Waals surface area (Å²) in [6, 6.07) is -0.821. The molecule has 1 unspecified atom stereocenters. The van der Waals surface area contributed by atoms with E-state index in [9.17, 15) is 22.8 Å². The van der Waals surface area contributed by atoms with Crippen LogP contribution in [0.2, 0.25) is 0 Å². The fourth-order valence-corrected chi connectivity index (χ4v) is 2.68. The Kier molecular flexibility index (Phi) is 5.91. The van der Waals surface area contributed by atoms with Crippen molar-refractivity contribution in [2.75, 3.05) is 24.7 Å². The number of allylic oxidation sites excluding steroid dienone is 1. The number of halogens is 3. The molecule has 1 rings (SSSR count). The van der Waals surface area contributed by atoms with Gasteiger partial charge in [0.2, 0.25) is 5.91 Å². The van der Waals surface area contributed by atoms with Gasteiger partial charge < -0.3 is 9.64 Å². The zero-order valence-electron chi connectivity index (χ0n) is 11.2. The molecule has 4 nitrogen and oxygen atoms in total. The first-order valence-electron chi connectivity index (χ1n) is 6.07. The lowest BCUT2D eigenvalue weighted by Crippen LogP contribution is -2.50. The first-order valence-corrected chi connectivity index (χ1v) is 7.23. The first kappa shape index (κ1) is 16.9. The smallest absolute Gasteiger partial charge is 0.412 e. The van der Waals surface area contributed by atoms with Gasteiger partial charge in [-0.25, -0.2) is 4.79 Å². The van der Waals surface area contributed by atoms with E-state index in [1.54, 1.807) is 6.92 Å². The Hall–Kier alpha value is -1.18. The summed E-state index contributed by atoms with van der Waals surface area (Å²) in [5, 5.41) is 0. The van der Waals surface area contributed by atoms with Gasteiger partial charge in [0.25, 0.3) is 0 Å². The second-order valence-electron chi connectivity index (χ2n) is 4.20. The number of carbonyl (C=O) groups is 2. The summed E-state index contributed by atoms with van der Waals surface area (Å²) in [5.74, 6) is -0.464. The minimum atomic E-state index is -4.54. The number of hydrogen-bond acceptors (Lipinski definition) is 4. The predicted octanol–water partition coefficient (Wildman–Crippen LogP) is 2.00. The van der Waals surface area contributed by atoms with Gasteiger partial charge in [-0.05, 0) is 13.8 Å². The molecule has 0 aromatic rings. The third kappa shape index (κ3) is 4.43. The molecule has 1 saturated heterocycles. The van der Waals surface area contributed by atoms with E-state index in [0.29, 0.717) is 17.6 Å². The van der Waals surface area contributed by atoms with Crippen molar-refractivity contribution >= 4 is 23.6 Å². The molecular weight excluding hydrogens is 295 g/mol. The van der Waals surface area contributed by atoms with Crippen LogP contribution < -0.4 is 0 Å². The summed E-state index contributed by atoms with van der Waals surface area (Å²) < 4.78 is 42.1. The zero-order valence-corrected chi connectivity index (χ0v) is 12.0. The van der Waals surface area contributed by atoms with Gasteiger partial charge in [0.05, 0.1) is 6.61 Å². The van der Waals surface area contributed by atoms with Gasteiger partial charge in [0.1, 0.15) is 6.04 Å². The van der Waals surface area contributed by atoms with Crippen LogP contribution in [0.5, 0.6) is 0 Å². The number of rotatable bonds is 3. The Morgan fingerprint density at radius 3 is 2.65 bits per heavy atom. The van der Waals surface area contributed by atoms with E-state index < -0.39 is 29.7 Å². The van der Waals surface area contributed by atoms with Crippen LogP contribution in [-0.4, -0.2) is 53.7 Å². The van der Waals surface area contributed by atoms with Gasteiger partial charge in [-0.3, -0.25) is 4.79 Å². The second-order valence-corrected chi connectivity index (χ2v) is 5.35. The SMILES string of the molecule is CCOC(=O)C1CSCCN1C(=O)/C=C(\C)C(F)(F)F. The summed E-state index contributed by atoms with van der Waals surface area (Å²) in [6.45, 7) is 2.86. The molecule has 0 radical (unpaired) electrons. The van der Waals surface area contributed by atoms with Crippen molar-refractivity contribution in [3.8, 4) is 0 Å². The van der Waals surface area contributed by atoms with Crippen LogP contribution in [0.1, 0.15) is 13.8 Å². The summed E-state index contributed by atoms with van der Waals surface area (Å²) >= 11 is 1.47. The predicted molar refractivity (Wildman–Crippen MR) is 69.3 cm³/mol. The summed E-state index contributed by atoms with van der Waals surface area (Å²) in [6.07, 6.45) is -4.01. The fourth-order valence-electron chi connectivity index (χ4n) is 1.65. The molecule has 0 aliphatic carbocycles. The van der Waals surface area contributed by atoms with Crippen molar-refractivity contribution in [2.24, 2.45) is 0 Å². The van der Waals surface area contributed by atoms with E-state index in [1.165, 1.54) is 11.8 Å². The average molecular weight is 311 g/mol. The fraction of sp³-hybridized carbons (Fsp3) is 0.667. The highest BCUT2D eigenvalue weighted by Gasteiger charge is 2.35. The zero-order chi connectivity index (χ0) is 15.3. The van der Waals surface area contributed by atoms with E-state index in [0.717, 1.165) is 11.8 Å². The van der Waals surface area contributed by atoms with Gasteiger partial charge in [-0.2, -0.15) is 24.9 Å². The van der Waals surface area contributed by atoms with Crippen LogP contribution in [0, 0.1) is 0 Å². The summed E-state index contributed by atoms with van der Waals surface area (Å²) in [5.41, 5.74) is -0.983. The molecule has 0 N–H and O–H groups in total. The Morgan fingerprint density at radius 1 is 1.45 bits per heavy atom. The second kappa shape index (κ2) is 7.01. The molecule has 1 atom stereocenters. The number of hydrogen-bond donors (Lipinski definition) is 0. The van der Waals surface area contributed by atoms with Crippen LogP contribution in [0.3, 0.4) is 0 Å². The number of thioether (sulfide) groups is 1. The quantitative estimate of drug-likeness (QED) is 0.591. The van der Waals surface area contributed by atoms with Crippen molar-refractivity contribution < 1.29 is 27.5 Å². The topological polar surface area (TPSA) is 46.6 Å². The molecule has 0 aromatic carbocycles. The number of carbonyl (C=O) groups excluding carboxylic acids is 2. The molecule has 1 heterocycles. The molecule has 20 heavy (non-hydrogen) atoms. The van der Waals surface area contributed by atoms with Gasteiger partial charge in [-0.1, -0.05) is 0 Å². The third-order valence-electron chi connectivity index (χ3n) is 2.76. The molecule has 0 spiro atoms. The molecule has 0 bridgehead atoms. The maximum absolute atomic E-state index is 12.4. The minimum Gasteiger partial charge on any atom is -0.464 e. The molecule has 1 amide bonds. The molecule has 0 saturated carbocycles. The number of alkyl halides is 3. The Labute approximate surface area is 119 Å². The van der Waals surface area contributed by atoms with Crippen LogP contribution in [0.4, 0.5) is 13.2 Å². The van der Waals surface area contributed by atoms with Crippen molar-refractivity contribution in [2.45, 2.75) is 26.1 Å². The van der Waals surface area contributed by atoms with Crippen molar-refractivity contribution in [3.05, 3.63) is 11.6 Å². The van der Waals surface area contributed by atoms with E-state index in [2.05, 4.69) is 0 Å². The molecule has 1 aliphatic heterocycles. The molecular formula is C12H16F3NO3S. The first-order chi connectivity index (χ1) is 9.27. The molecule has 1 fully saturated rings. The monoisotopic (exact) mass is 311 g/mol. The van der Waals surface area contributed by atoms with Crippen molar-refractivity contribution in [3.63, 3.8) is 0 Å². The van der Waals surface area contributed by atoms with E-state index in [1.807, 2.05) is 0 Å². The highest BCUT2D eigenvalue weighted by Crippen LogP contribution is 2.26.